The van der Waals surface area contributed by atoms with Gasteiger partial charge in [-0.2, -0.15) is 5.10 Å². The number of aromatic nitrogens is 2. The van der Waals surface area contributed by atoms with E-state index in [0.717, 1.165) is 30.4 Å². The molecule has 2 aromatic heterocycles. The number of nitrogens with zero attached hydrogens (tertiary/aromatic N) is 2. The average Bonchev–Trinajstić information content (AvgIpc) is 2.81. The first-order valence-corrected chi connectivity index (χ1v) is 7.28. The highest BCUT2D eigenvalue weighted by Crippen LogP contribution is 2.23. The Labute approximate surface area is 117 Å². The van der Waals surface area contributed by atoms with Crippen molar-refractivity contribution >= 4 is 22.9 Å². The number of hydrogen-bond donors (Lipinski definition) is 1. The van der Waals surface area contributed by atoms with Crippen LogP contribution in [0, 0.1) is 13.8 Å². The van der Waals surface area contributed by atoms with Gasteiger partial charge in [-0.1, -0.05) is 18.5 Å². The van der Waals surface area contributed by atoms with Crippen LogP contribution in [0.25, 0.3) is 0 Å². The second kappa shape index (κ2) is 5.87. The summed E-state index contributed by atoms with van der Waals surface area (Å²) < 4.78 is 1.91. The van der Waals surface area contributed by atoms with Gasteiger partial charge >= 0.3 is 0 Å². The first-order valence-electron chi connectivity index (χ1n) is 6.08. The van der Waals surface area contributed by atoms with E-state index in [2.05, 4.69) is 30.3 Å². The Morgan fingerprint density at radius 3 is 2.83 bits per heavy atom. The highest BCUT2D eigenvalue weighted by Gasteiger charge is 2.08. The molecule has 0 saturated heterocycles. The minimum atomic E-state index is 0.732. The number of rotatable bonds is 5. The van der Waals surface area contributed by atoms with E-state index in [9.17, 15) is 0 Å². The van der Waals surface area contributed by atoms with Gasteiger partial charge in [-0.05, 0) is 32.0 Å². The molecule has 98 valence electrons. The Hall–Kier alpha value is -0.840. The summed E-state index contributed by atoms with van der Waals surface area (Å²) in [6.45, 7) is 8.95. The van der Waals surface area contributed by atoms with Gasteiger partial charge in [0.25, 0.3) is 0 Å². The molecular weight excluding hydrogens is 266 g/mol. The lowest BCUT2D eigenvalue weighted by atomic mass is 10.2. The second-order valence-electron chi connectivity index (χ2n) is 4.33. The molecular formula is C13H18ClN3S. The van der Waals surface area contributed by atoms with Crippen molar-refractivity contribution in [1.29, 1.82) is 0 Å². The molecule has 0 aliphatic rings. The first-order chi connectivity index (χ1) is 8.60. The molecule has 0 saturated carbocycles. The summed E-state index contributed by atoms with van der Waals surface area (Å²) in [5, 5.41) is 8.47. The lowest BCUT2D eigenvalue weighted by Gasteiger charge is -2.00. The lowest BCUT2D eigenvalue weighted by molar-refractivity contribution is 0.677. The molecule has 0 bridgehead atoms. The van der Waals surface area contributed by atoms with Crippen molar-refractivity contribution in [3.05, 3.63) is 38.3 Å². The monoisotopic (exact) mass is 283 g/mol. The summed E-state index contributed by atoms with van der Waals surface area (Å²) in [7, 11) is 0. The fourth-order valence-corrected chi connectivity index (χ4v) is 3.00. The highest BCUT2D eigenvalue weighted by molar-refractivity contribution is 7.12. The van der Waals surface area contributed by atoms with E-state index in [4.69, 9.17) is 11.6 Å². The summed E-state index contributed by atoms with van der Waals surface area (Å²) in [5.41, 5.74) is 2.21. The number of nitrogens with one attached hydrogen (secondary N) is 1. The third kappa shape index (κ3) is 3.13. The van der Waals surface area contributed by atoms with E-state index >= 15 is 0 Å². The van der Waals surface area contributed by atoms with Crippen molar-refractivity contribution in [2.75, 3.05) is 6.54 Å². The van der Waals surface area contributed by atoms with Gasteiger partial charge in [-0.25, -0.2) is 0 Å². The van der Waals surface area contributed by atoms with Crippen LogP contribution in [0.3, 0.4) is 0 Å². The minimum Gasteiger partial charge on any atom is -0.312 e. The highest BCUT2D eigenvalue weighted by atomic mass is 35.5. The van der Waals surface area contributed by atoms with Gasteiger partial charge in [-0.15, -0.1) is 11.3 Å². The smallest absolute Gasteiger partial charge is 0.0815 e. The average molecular weight is 284 g/mol. The van der Waals surface area contributed by atoms with Crippen molar-refractivity contribution in [3.8, 4) is 0 Å². The van der Waals surface area contributed by atoms with Crippen molar-refractivity contribution in [1.82, 2.24) is 15.1 Å². The van der Waals surface area contributed by atoms with Crippen molar-refractivity contribution in [3.63, 3.8) is 0 Å². The van der Waals surface area contributed by atoms with E-state index in [1.54, 1.807) is 0 Å². The predicted molar refractivity (Wildman–Crippen MR) is 77.5 cm³/mol. The minimum absolute atomic E-state index is 0.732. The van der Waals surface area contributed by atoms with Crippen LogP contribution in [0.2, 0.25) is 5.02 Å². The summed E-state index contributed by atoms with van der Waals surface area (Å²) in [6, 6.07) is 2.26. The van der Waals surface area contributed by atoms with Crippen LogP contribution in [0.4, 0.5) is 0 Å². The van der Waals surface area contributed by atoms with Gasteiger partial charge in [0.15, 0.2) is 0 Å². The maximum atomic E-state index is 6.02. The maximum Gasteiger partial charge on any atom is 0.0815 e. The summed E-state index contributed by atoms with van der Waals surface area (Å²) in [6.07, 6.45) is 1.89. The maximum absolute atomic E-state index is 6.02. The van der Waals surface area contributed by atoms with E-state index in [0.29, 0.717) is 0 Å². The second-order valence-corrected chi connectivity index (χ2v) is 6.08. The van der Waals surface area contributed by atoms with Crippen LogP contribution in [0.5, 0.6) is 0 Å². The van der Waals surface area contributed by atoms with Crippen molar-refractivity contribution < 1.29 is 0 Å². The zero-order valence-corrected chi connectivity index (χ0v) is 12.5. The van der Waals surface area contributed by atoms with Gasteiger partial charge < -0.3 is 5.32 Å². The molecule has 2 aromatic rings. The molecule has 0 aromatic carbocycles. The summed E-state index contributed by atoms with van der Waals surface area (Å²) in [4.78, 5) is 2.73. The van der Waals surface area contributed by atoms with Gasteiger partial charge in [0.1, 0.15) is 0 Å². The third-order valence-corrected chi connectivity index (χ3v) is 4.30. The first kappa shape index (κ1) is 13.6. The van der Waals surface area contributed by atoms with Crippen LogP contribution in [0.1, 0.15) is 27.9 Å². The Bertz CT molecular complexity index is 511. The van der Waals surface area contributed by atoms with Crippen LogP contribution < -0.4 is 5.32 Å². The van der Waals surface area contributed by atoms with Crippen molar-refractivity contribution in [2.24, 2.45) is 0 Å². The predicted octanol–water partition coefficient (Wildman–Crippen LogP) is 3.37. The standard InChI is InChI=1S/C13H18ClN3S/c1-4-15-6-12-5-11(10(3)18-12)7-17-8-13(14)9(2)16-17/h5,8,15H,4,6-7H2,1-3H3. The Kier molecular flexibility index (Phi) is 4.43. The Morgan fingerprint density at radius 1 is 1.44 bits per heavy atom. The molecule has 0 amide bonds. The van der Waals surface area contributed by atoms with Crippen LogP contribution in [-0.4, -0.2) is 16.3 Å². The quantitative estimate of drug-likeness (QED) is 0.912. The lowest BCUT2D eigenvalue weighted by Crippen LogP contribution is -2.10. The topological polar surface area (TPSA) is 29.9 Å². The molecule has 18 heavy (non-hydrogen) atoms. The molecule has 5 heteroatoms. The Morgan fingerprint density at radius 2 is 2.22 bits per heavy atom. The summed E-state index contributed by atoms with van der Waals surface area (Å²) in [5.74, 6) is 0. The molecule has 0 aliphatic carbocycles. The van der Waals surface area contributed by atoms with Crippen molar-refractivity contribution in [2.45, 2.75) is 33.9 Å². The molecule has 3 nitrogen and oxygen atoms in total. The fraction of sp³-hybridized carbons (Fsp3) is 0.462. The van der Waals surface area contributed by atoms with E-state index < -0.39 is 0 Å². The molecule has 2 heterocycles. The van der Waals surface area contributed by atoms with E-state index in [1.165, 1.54) is 15.3 Å². The van der Waals surface area contributed by atoms with E-state index in [-0.39, 0.29) is 0 Å². The SMILES string of the molecule is CCNCc1cc(Cn2cc(Cl)c(C)n2)c(C)s1. The van der Waals surface area contributed by atoms with Crippen LogP contribution >= 0.6 is 22.9 Å². The van der Waals surface area contributed by atoms with E-state index in [1.807, 2.05) is 29.1 Å². The molecule has 0 unspecified atom stereocenters. The number of hydrogen-bond acceptors (Lipinski definition) is 3. The molecule has 0 radical (unpaired) electrons. The van der Waals surface area contributed by atoms with Gasteiger partial charge in [0.2, 0.25) is 0 Å². The fourth-order valence-electron chi connectivity index (χ4n) is 1.83. The van der Waals surface area contributed by atoms with Crippen LogP contribution in [0.15, 0.2) is 12.3 Å². The normalized spacial score (nSPS) is 11.1. The molecule has 0 aliphatic heterocycles. The zero-order valence-electron chi connectivity index (χ0n) is 11.0. The number of thiophene rings is 1. The molecule has 1 N–H and O–H groups in total. The molecule has 2 rings (SSSR count). The Balaban J connectivity index is 2.11. The molecule has 0 spiro atoms. The zero-order chi connectivity index (χ0) is 13.1. The number of halogens is 1. The van der Waals surface area contributed by atoms with Gasteiger partial charge in [0, 0.05) is 22.5 Å². The third-order valence-electron chi connectivity index (χ3n) is 2.84. The van der Waals surface area contributed by atoms with Gasteiger partial charge in [-0.3, -0.25) is 4.68 Å². The largest absolute Gasteiger partial charge is 0.312 e. The van der Waals surface area contributed by atoms with Crippen LogP contribution in [-0.2, 0) is 13.1 Å². The summed E-state index contributed by atoms with van der Waals surface area (Å²) >= 11 is 7.87. The number of aryl methyl sites for hydroxylation is 2. The molecule has 0 atom stereocenters. The molecule has 0 fully saturated rings. The van der Waals surface area contributed by atoms with Gasteiger partial charge in [0.05, 0.1) is 17.3 Å².